The lowest BCUT2D eigenvalue weighted by Gasteiger charge is -2.43. The number of rotatable bonds is 1. The topological polar surface area (TPSA) is 80.5 Å². The molecule has 1 aromatic carbocycles. The van der Waals surface area contributed by atoms with Crippen molar-refractivity contribution in [3.63, 3.8) is 0 Å². The number of benzene rings is 1. The highest BCUT2D eigenvalue weighted by molar-refractivity contribution is 7.98. The average molecular weight is 254 g/mol. The van der Waals surface area contributed by atoms with Gasteiger partial charge < -0.3 is 5.73 Å². The highest BCUT2D eigenvalue weighted by Crippen LogP contribution is 2.40. The van der Waals surface area contributed by atoms with Gasteiger partial charge in [-0.15, -0.1) is 0 Å². The standard InChI is InChI=1S/C11H14N2O3S/c1-7-4-5-8(12)6-9(7)13-10(14)11(2,3)17(13,15)16/h4-6H,12H2,1-3H3. The molecule has 17 heavy (non-hydrogen) atoms. The van der Waals surface area contributed by atoms with E-state index in [0.717, 1.165) is 4.31 Å². The molecule has 0 atom stereocenters. The second kappa shape index (κ2) is 3.22. The lowest BCUT2D eigenvalue weighted by atomic mass is 10.1. The summed E-state index contributed by atoms with van der Waals surface area (Å²) in [6, 6.07) is 4.86. The van der Waals surface area contributed by atoms with E-state index in [1.54, 1.807) is 19.1 Å². The van der Waals surface area contributed by atoms with Gasteiger partial charge in [-0.05, 0) is 38.5 Å². The van der Waals surface area contributed by atoms with Crippen molar-refractivity contribution in [1.82, 2.24) is 0 Å². The second-order valence-electron chi connectivity index (χ2n) is 4.63. The average Bonchev–Trinajstić information content (AvgIpc) is 2.22. The third kappa shape index (κ3) is 1.37. The van der Waals surface area contributed by atoms with E-state index in [9.17, 15) is 13.2 Å². The number of carbonyl (C=O) groups excluding carboxylic acids is 1. The van der Waals surface area contributed by atoms with Gasteiger partial charge in [-0.25, -0.2) is 12.7 Å². The van der Waals surface area contributed by atoms with Crippen molar-refractivity contribution >= 4 is 27.3 Å². The Balaban J connectivity index is 2.58. The number of nitrogens with two attached hydrogens (primary N) is 1. The summed E-state index contributed by atoms with van der Waals surface area (Å²) in [5, 5.41) is 0. The van der Waals surface area contributed by atoms with Crippen molar-refractivity contribution in [2.45, 2.75) is 25.5 Å². The molecule has 1 amide bonds. The molecular formula is C11H14N2O3S. The molecule has 2 rings (SSSR count). The van der Waals surface area contributed by atoms with Crippen LogP contribution in [0.1, 0.15) is 19.4 Å². The Morgan fingerprint density at radius 1 is 1.29 bits per heavy atom. The summed E-state index contributed by atoms with van der Waals surface area (Å²) in [5.74, 6) is -0.425. The van der Waals surface area contributed by atoms with Crippen LogP contribution in [-0.2, 0) is 14.8 Å². The van der Waals surface area contributed by atoms with Crippen LogP contribution in [0.5, 0.6) is 0 Å². The molecule has 1 aliphatic heterocycles. The van der Waals surface area contributed by atoms with Gasteiger partial charge in [0.05, 0.1) is 5.69 Å². The summed E-state index contributed by atoms with van der Waals surface area (Å²) in [5.41, 5.74) is 7.08. The molecule has 5 nitrogen and oxygen atoms in total. The van der Waals surface area contributed by atoms with Crippen molar-refractivity contribution in [2.75, 3.05) is 10.0 Å². The smallest absolute Gasteiger partial charge is 0.263 e. The van der Waals surface area contributed by atoms with Crippen LogP contribution in [0, 0.1) is 6.92 Å². The maximum Gasteiger partial charge on any atom is 0.263 e. The fourth-order valence-corrected chi connectivity index (χ4v) is 3.28. The van der Waals surface area contributed by atoms with E-state index in [4.69, 9.17) is 5.73 Å². The minimum absolute atomic E-state index is 0.342. The maximum absolute atomic E-state index is 12.0. The molecular weight excluding hydrogens is 240 g/mol. The van der Waals surface area contributed by atoms with Gasteiger partial charge in [0, 0.05) is 5.69 Å². The highest BCUT2D eigenvalue weighted by Gasteiger charge is 2.61. The zero-order valence-electron chi connectivity index (χ0n) is 9.89. The molecule has 1 fully saturated rings. The van der Waals surface area contributed by atoms with Gasteiger partial charge in [0.25, 0.3) is 15.9 Å². The summed E-state index contributed by atoms with van der Waals surface area (Å²) in [7, 11) is -3.61. The first-order chi connectivity index (χ1) is 7.69. The van der Waals surface area contributed by atoms with Gasteiger partial charge in [0.1, 0.15) is 0 Å². The summed E-state index contributed by atoms with van der Waals surface area (Å²) in [4.78, 5) is 11.9. The van der Waals surface area contributed by atoms with Crippen LogP contribution in [0.15, 0.2) is 18.2 Å². The monoisotopic (exact) mass is 254 g/mol. The van der Waals surface area contributed by atoms with Crippen molar-refractivity contribution in [3.8, 4) is 0 Å². The molecule has 1 aromatic rings. The van der Waals surface area contributed by atoms with E-state index in [-0.39, 0.29) is 0 Å². The second-order valence-corrected chi connectivity index (χ2v) is 6.97. The summed E-state index contributed by atoms with van der Waals surface area (Å²) < 4.78 is 23.5. The summed E-state index contributed by atoms with van der Waals surface area (Å²) >= 11 is 0. The van der Waals surface area contributed by atoms with E-state index in [2.05, 4.69) is 0 Å². The first-order valence-corrected chi connectivity index (χ1v) is 6.59. The minimum Gasteiger partial charge on any atom is -0.399 e. The predicted octanol–water partition coefficient (Wildman–Crippen LogP) is 1.03. The minimum atomic E-state index is -3.61. The van der Waals surface area contributed by atoms with Crippen LogP contribution in [0.4, 0.5) is 11.4 Å². The lowest BCUT2D eigenvalue weighted by molar-refractivity contribution is -0.120. The zero-order chi connectivity index (χ0) is 13.0. The van der Waals surface area contributed by atoms with E-state index in [1.165, 1.54) is 19.9 Å². The lowest BCUT2D eigenvalue weighted by Crippen LogP contribution is -2.67. The number of nitrogen functional groups attached to an aromatic ring is 1. The number of sulfonamides is 1. The fraction of sp³-hybridized carbons (Fsp3) is 0.364. The molecule has 1 saturated heterocycles. The van der Waals surface area contributed by atoms with E-state index in [1.807, 2.05) is 0 Å². The van der Waals surface area contributed by atoms with Crippen LogP contribution >= 0.6 is 0 Å². The molecule has 0 bridgehead atoms. The van der Waals surface area contributed by atoms with Crippen LogP contribution in [0.3, 0.4) is 0 Å². The van der Waals surface area contributed by atoms with Crippen molar-refractivity contribution in [3.05, 3.63) is 23.8 Å². The van der Waals surface area contributed by atoms with Gasteiger partial charge in [0.2, 0.25) is 0 Å². The Morgan fingerprint density at radius 2 is 1.88 bits per heavy atom. The first kappa shape index (κ1) is 11.9. The molecule has 2 N–H and O–H groups in total. The van der Waals surface area contributed by atoms with Gasteiger partial charge in [-0.3, -0.25) is 4.79 Å². The summed E-state index contributed by atoms with van der Waals surface area (Å²) in [6.45, 7) is 4.55. The molecule has 0 spiro atoms. The molecule has 6 heteroatoms. The number of nitrogens with zero attached hydrogens (tertiary/aromatic N) is 1. The van der Waals surface area contributed by atoms with E-state index in [0.29, 0.717) is 16.9 Å². The molecule has 0 saturated carbocycles. The Hall–Kier alpha value is -1.56. The van der Waals surface area contributed by atoms with Crippen LogP contribution < -0.4 is 10.0 Å². The fourth-order valence-electron chi connectivity index (χ4n) is 1.74. The molecule has 0 radical (unpaired) electrons. The first-order valence-electron chi connectivity index (χ1n) is 5.15. The van der Waals surface area contributed by atoms with Crippen molar-refractivity contribution in [2.24, 2.45) is 0 Å². The maximum atomic E-state index is 12.0. The van der Waals surface area contributed by atoms with Crippen LogP contribution in [-0.4, -0.2) is 19.1 Å². The predicted molar refractivity (Wildman–Crippen MR) is 66.1 cm³/mol. The number of amides is 1. The van der Waals surface area contributed by atoms with Crippen LogP contribution in [0.25, 0.3) is 0 Å². The SMILES string of the molecule is Cc1ccc(N)cc1N1C(=O)C(C)(C)S1(=O)=O. The van der Waals surface area contributed by atoms with Gasteiger partial charge in [-0.1, -0.05) is 6.07 Å². The molecule has 0 unspecified atom stereocenters. The number of aryl methyl sites for hydroxylation is 1. The van der Waals surface area contributed by atoms with E-state index < -0.39 is 20.7 Å². The normalized spacial score (nSPS) is 21.1. The van der Waals surface area contributed by atoms with Gasteiger partial charge in [-0.2, -0.15) is 0 Å². The Kier molecular flexibility index (Phi) is 2.26. The van der Waals surface area contributed by atoms with E-state index >= 15 is 0 Å². The Bertz CT molecular complexity index is 605. The number of carbonyl (C=O) groups is 1. The number of anilines is 2. The van der Waals surface area contributed by atoms with Gasteiger partial charge in [0.15, 0.2) is 4.75 Å². The van der Waals surface area contributed by atoms with Crippen LogP contribution in [0.2, 0.25) is 0 Å². The largest absolute Gasteiger partial charge is 0.399 e. The highest BCUT2D eigenvalue weighted by atomic mass is 32.2. The molecule has 0 aliphatic carbocycles. The quantitative estimate of drug-likeness (QED) is 0.759. The molecule has 1 aliphatic rings. The number of hydrogen-bond acceptors (Lipinski definition) is 4. The molecule has 0 aromatic heterocycles. The molecule has 1 heterocycles. The number of hydrogen-bond donors (Lipinski definition) is 1. The molecule has 92 valence electrons. The Labute approximate surface area is 100 Å². The zero-order valence-corrected chi connectivity index (χ0v) is 10.7. The third-order valence-electron chi connectivity index (χ3n) is 3.04. The summed E-state index contributed by atoms with van der Waals surface area (Å²) in [6.07, 6.45) is 0. The van der Waals surface area contributed by atoms with Crippen molar-refractivity contribution in [1.29, 1.82) is 0 Å². The van der Waals surface area contributed by atoms with Gasteiger partial charge >= 0.3 is 0 Å². The Morgan fingerprint density at radius 3 is 2.41 bits per heavy atom. The van der Waals surface area contributed by atoms with Crippen molar-refractivity contribution < 1.29 is 13.2 Å². The third-order valence-corrected chi connectivity index (χ3v) is 5.34.